The highest BCUT2D eigenvalue weighted by Gasteiger charge is 2.03. The molecule has 2 aromatic heterocycles. The number of carbonyl (C=O) groups excluding carboxylic acids is 1. The Kier molecular flexibility index (Phi) is 3.60. The molecule has 0 aliphatic heterocycles. The third-order valence-electron chi connectivity index (χ3n) is 2.14. The molecule has 0 unspecified atom stereocenters. The molecule has 0 spiro atoms. The highest BCUT2D eigenvalue weighted by atomic mass is 32.1. The summed E-state index contributed by atoms with van der Waals surface area (Å²) in [6.07, 6.45) is 5.28. The van der Waals surface area contributed by atoms with Crippen molar-refractivity contribution in [2.75, 3.05) is 0 Å². The maximum absolute atomic E-state index is 12.9. The minimum Gasteiger partial charge on any atom is -0.289 e. The third kappa shape index (κ3) is 2.87. The van der Waals surface area contributed by atoms with Gasteiger partial charge in [0.25, 0.3) is 0 Å². The van der Waals surface area contributed by atoms with Crippen LogP contribution >= 0.6 is 11.3 Å². The van der Waals surface area contributed by atoms with Gasteiger partial charge >= 0.3 is 0 Å². The number of ketones is 1. The van der Waals surface area contributed by atoms with E-state index in [1.165, 1.54) is 23.6 Å². The average Bonchev–Trinajstić information content (AvgIpc) is 2.84. The van der Waals surface area contributed by atoms with Gasteiger partial charge in [0, 0.05) is 22.0 Å². The molecule has 0 fully saturated rings. The second kappa shape index (κ2) is 5.34. The van der Waals surface area contributed by atoms with Gasteiger partial charge in [0.2, 0.25) is 0 Å². The van der Waals surface area contributed by atoms with E-state index in [0.29, 0.717) is 5.56 Å². The van der Waals surface area contributed by atoms with Crippen LogP contribution in [0.3, 0.4) is 0 Å². The van der Waals surface area contributed by atoms with Crippen LogP contribution < -0.4 is 0 Å². The summed E-state index contributed by atoms with van der Waals surface area (Å²) in [6.45, 7) is 0. The molecule has 0 amide bonds. The number of hydrogen-bond donors (Lipinski definition) is 0. The zero-order valence-electron chi connectivity index (χ0n) is 9.13. The van der Waals surface area contributed by atoms with Gasteiger partial charge in [-0.2, -0.15) is 5.26 Å². The Hall–Kier alpha value is -2.32. The van der Waals surface area contributed by atoms with E-state index in [9.17, 15) is 9.18 Å². The minimum atomic E-state index is -0.544. The van der Waals surface area contributed by atoms with Gasteiger partial charge in [0.15, 0.2) is 5.78 Å². The van der Waals surface area contributed by atoms with Gasteiger partial charge in [-0.1, -0.05) is 0 Å². The van der Waals surface area contributed by atoms with E-state index >= 15 is 0 Å². The van der Waals surface area contributed by atoms with Gasteiger partial charge in [0.05, 0.1) is 11.8 Å². The molecule has 2 aromatic rings. The number of thiophene rings is 1. The Bertz CT molecular complexity index is 655. The number of allylic oxidation sites excluding steroid dienone is 1. The summed E-state index contributed by atoms with van der Waals surface area (Å²) >= 11 is 1.36. The fourth-order valence-electron chi connectivity index (χ4n) is 1.30. The number of aromatic nitrogens is 1. The Morgan fingerprint density at radius 2 is 2.28 bits per heavy atom. The standard InChI is InChI=1S/C13H7FN2OS/c14-11-4-10(6-16-7-11)13(17)2-1-12-3-9(5-15)8-18-12/h1-4,6-8H. The molecule has 0 aliphatic carbocycles. The maximum Gasteiger partial charge on any atom is 0.187 e. The molecule has 0 N–H and O–H groups in total. The van der Waals surface area contributed by atoms with Gasteiger partial charge in [-0.3, -0.25) is 9.78 Å². The van der Waals surface area contributed by atoms with Crippen molar-refractivity contribution in [3.8, 4) is 6.07 Å². The number of pyridine rings is 1. The molecule has 5 heteroatoms. The molecule has 0 atom stereocenters. The van der Waals surface area contributed by atoms with Gasteiger partial charge < -0.3 is 0 Å². The Morgan fingerprint density at radius 1 is 1.44 bits per heavy atom. The second-order valence-electron chi connectivity index (χ2n) is 3.44. The van der Waals surface area contributed by atoms with Crippen LogP contribution in [0.2, 0.25) is 0 Å². The number of nitriles is 1. The zero-order valence-corrected chi connectivity index (χ0v) is 9.95. The molecule has 2 rings (SSSR count). The van der Waals surface area contributed by atoms with Crippen LogP contribution in [0, 0.1) is 17.1 Å². The fourth-order valence-corrected chi connectivity index (χ4v) is 2.02. The van der Waals surface area contributed by atoms with E-state index in [1.807, 2.05) is 6.07 Å². The molecule has 0 saturated carbocycles. The van der Waals surface area contributed by atoms with Crippen LogP contribution in [0.25, 0.3) is 6.08 Å². The van der Waals surface area contributed by atoms with E-state index < -0.39 is 5.82 Å². The van der Waals surface area contributed by atoms with Crippen molar-refractivity contribution in [3.63, 3.8) is 0 Å². The van der Waals surface area contributed by atoms with Crippen LogP contribution in [0.1, 0.15) is 20.8 Å². The predicted octanol–water partition coefficient (Wildman–Crippen LogP) is 3.05. The minimum absolute atomic E-state index is 0.198. The molecule has 3 nitrogen and oxygen atoms in total. The van der Waals surface area contributed by atoms with Crippen molar-refractivity contribution < 1.29 is 9.18 Å². The Morgan fingerprint density at radius 3 is 2.94 bits per heavy atom. The molecule has 0 bridgehead atoms. The summed E-state index contributed by atoms with van der Waals surface area (Å²) in [7, 11) is 0. The first-order valence-corrected chi connectivity index (χ1v) is 5.88. The molecule has 18 heavy (non-hydrogen) atoms. The van der Waals surface area contributed by atoms with Crippen molar-refractivity contribution in [1.82, 2.24) is 4.98 Å². The molecule has 0 aliphatic rings. The van der Waals surface area contributed by atoms with E-state index in [2.05, 4.69) is 4.98 Å². The molecule has 2 heterocycles. The highest BCUT2D eigenvalue weighted by Crippen LogP contribution is 2.15. The Balaban J connectivity index is 2.14. The molecule has 0 saturated heterocycles. The number of carbonyl (C=O) groups is 1. The number of rotatable bonds is 3. The largest absolute Gasteiger partial charge is 0.289 e. The lowest BCUT2D eigenvalue weighted by molar-refractivity contribution is 0.104. The van der Waals surface area contributed by atoms with E-state index in [0.717, 1.165) is 17.1 Å². The smallest absolute Gasteiger partial charge is 0.187 e. The fraction of sp³-hybridized carbons (Fsp3) is 0. The van der Waals surface area contributed by atoms with Crippen molar-refractivity contribution in [1.29, 1.82) is 5.26 Å². The summed E-state index contributed by atoms with van der Waals surface area (Å²) in [6, 6.07) is 4.82. The van der Waals surface area contributed by atoms with Crippen LogP contribution in [0.15, 0.2) is 36.0 Å². The van der Waals surface area contributed by atoms with Crippen LogP contribution in [0.4, 0.5) is 4.39 Å². The van der Waals surface area contributed by atoms with E-state index in [-0.39, 0.29) is 11.3 Å². The topological polar surface area (TPSA) is 53.8 Å². The summed E-state index contributed by atoms with van der Waals surface area (Å²) < 4.78 is 12.9. The molecular weight excluding hydrogens is 251 g/mol. The molecular formula is C13H7FN2OS. The van der Waals surface area contributed by atoms with Crippen LogP contribution in [-0.4, -0.2) is 10.8 Å². The normalized spacial score (nSPS) is 10.4. The number of nitrogens with zero attached hydrogens (tertiary/aromatic N) is 2. The van der Waals surface area contributed by atoms with Crippen molar-refractivity contribution >= 4 is 23.2 Å². The Labute approximate surface area is 107 Å². The lowest BCUT2D eigenvalue weighted by atomic mass is 10.2. The summed E-state index contributed by atoms with van der Waals surface area (Å²) in [5.74, 6) is -0.869. The van der Waals surface area contributed by atoms with E-state index in [4.69, 9.17) is 5.26 Å². The summed E-state index contributed by atoms with van der Waals surface area (Å²) in [5.41, 5.74) is 0.753. The molecule has 0 aromatic carbocycles. The number of hydrogen-bond acceptors (Lipinski definition) is 4. The monoisotopic (exact) mass is 258 g/mol. The summed E-state index contributed by atoms with van der Waals surface area (Å²) in [5, 5.41) is 10.4. The van der Waals surface area contributed by atoms with Gasteiger partial charge in [0.1, 0.15) is 11.9 Å². The van der Waals surface area contributed by atoms with Gasteiger partial charge in [-0.15, -0.1) is 11.3 Å². The highest BCUT2D eigenvalue weighted by molar-refractivity contribution is 7.11. The van der Waals surface area contributed by atoms with Crippen LogP contribution in [0.5, 0.6) is 0 Å². The van der Waals surface area contributed by atoms with Gasteiger partial charge in [-0.05, 0) is 24.3 Å². The second-order valence-corrected chi connectivity index (χ2v) is 4.38. The quantitative estimate of drug-likeness (QED) is 0.628. The van der Waals surface area contributed by atoms with Crippen molar-refractivity contribution in [2.45, 2.75) is 0 Å². The molecule has 0 radical (unpaired) electrons. The molecule has 88 valence electrons. The zero-order chi connectivity index (χ0) is 13.0. The predicted molar refractivity (Wildman–Crippen MR) is 66.6 cm³/mol. The maximum atomic E-state index is 12.9. The van der Waals surface area contributed by atoms with Gasteiger partial charge in [-0.25, -0.2) is 4.39 Å². The van der Waals surface area contributed by atoms with E-state index in [1.54, 1.807) is 17.5 Å². The average molecular weight is 258 g/mol. The van der Waals surface area contributed by atoms with Crippen molar-refractivity contribution in [2.24, 2.45) is 0 Å². The lowest BCUT2D eigenvalue weighted by Crippen LogP contribution is -1.95. The third-order valence-corrected chi connectivity index (χ3v) is 3.04. The first-order chi connectivity index (χ1) is 8.69. The SMILES string of the molecule is N#Cc1csc(C=CC(=O)c2cncc(F)c2)c1. The first kappa shape index (κ1) is 12.1. The lowest BCUT2D eigenvalue weighted by Gasteiger charge is -1.94. The van der Waals surface area contributed by atoms with Crippen LogP contribution in [-0.2, 0) is 0 Å². The first-order valence-electron chi connectivity index (χ1n) is 5.00. The summed E-state index contributed by atoms with van der Waals surface area (Å²) in [4.78, 5) is 16.1. The number of halogens is 1. The van der Waals surface area contributed by atoms with Crippen molar-refractivity contribution in [3.05, 3.63) is 57.8 Å².